The average molecular weight is 571 g/mol. The summed E-state index contributed by atoms with van der Waals surface area (Å²) in [6.45, 7) is 9.09. The number of fused-ring (bicyclic) bond motifs is 1. The summed E-state index contributed by atoms with van der Waals surface area (Å²) < 4.78 is 23.3. The van der Waals surface area contributed by atoms with Crippen molar-refractivity contribution in [2.75, 3.05) is 21.3 Å². The molecule has 2 aromatic rings. The molecule has 0 aliphatic carbocycles. The molecule has 3 N–H and O–H groups in total. The van der Waals surface area contributed by atoms with Gasteiger partial charge in [0.15, 0.2) is 17.3 Å². The molecule has 8 heteroatoms. The van der Waals surface area contributed by atoms with E-state index in [9.17, 15) is 20.1 Å². The molecule has 3 rings (SSSR count). The van der Waals surface area contributed by atoms with E-state index in [1.807, 2.05) is 19.9 Å². The number of hydrogen-bond donors (Lipinski definition) is 3. The Bertz CT molecular complexity index is 1260. The van der Waals surface area contributed by atoms with Crippen molar-refractivity contribution in [3.05, 3.63) is 52.1 Å². The van der Waals surface area contributed by atoms with Crippen LogP contribution in [0.2, 0.25) is 0 Å². The number of aromatic hydroxyl groups is 1. The highest BCUT2D eigenvalue weighted by molar-refractivity contribution is 6.03. The molecule has 0 fully saturated rings. The number of methoxy groups -OCH3 is 3. The van der Waals surface area contributed by atoms with E-state index >= 15 is 0 Å². The van der Waals surface area contributed by atoms with Gasteiger partial charge in [0, 0.05) is 22.8 Å². The Hall–Kier alpha value is -3.23. The first-order chi connectivity index (χ1) is 19.2. The summed E-state index contributed by atoms with van der Waals surface area (Å²) in [7, 11) is 4.67. The molecule has 0 radical (unpaired) electrons. The van der Waals surface area contributed by atoms with Gasteiger partial charge in [0.25, 0.3) is 0 Å². The maximum absolute atomic E-state index is 13.5. The minimum absolute atomic E-state index is 0.0363. The number of rotatable bonds is 13. The number of ketones is 1. The Labute approximate surface area is 243 Å². The second kappa shape index (κ2) is 13.2. The van der Waals surface area contributed by atoms with Crippen LogP contribution in [0, 0.1) is 0 Å². The summed E-state index contributed by atoms with van der Waals surface area (Å²) in [6, 6.07) is 5.34. The highest BCUT2D eigenvalue weighted by Crippen LogP contribution is 2.47. The molecule has 2 aromatic carbocycles. The lowest BCUT2D eigenvalue weighted by Gasteiger charge is -2.30. The lowest BCUT2D eigenvalue weighted by atomic mass is 9.88. The van der Waals surface area contributed by atoms with E-state index in [0.29, 0.717) is 48.5 Å². The van der Waals surface area contributed by atoms with Gasteiger partial charge in [-0.2, -0.15) is 0 Å². The van der Waals surface area contributed by atoms with E-state index in [1.165, 1.54) is 12.7 Å². The van der Waals surface area contributed by atoms with E-state index in [1.54, 1.807) is 40.2 Å². The number of allylic oxidation sites excluding steroid dienone is 2. The zero-order valence-corrected chi connectivity index (χ0v) is 25.7. The number of Topliss-reactive ketones (excluding diaryl/α,β-unsaturated/α-hetero) is 1. The predicted molar refractivity (Wildman–Crippen MR) is 159 cm³/mol. The fraction of sp³-hybridized carbons (Fsp3) is 0.545. The Morgan fingerprint density at radius 3 is 2.24 bits per heavy atom. The number of phenols is 1. The van der Waals surface area contributed by atoms with Crippen molar-refractivity contribution in [3.63, 3.8) is 0 Å². The predicted octanol–water partition coefficient (Wildman–Crippen LogP) is 6.26. The topological polar surface area (TPSA) is 115 Å². The van der Waals surface area contributed by atoms with Crippen LogP contribution in [0.25, 0.3) is 0 Å². The normalized spacial score (nSPS) is 15.8. The average Bonchev–Trinajstić information content (AvgIpc) is 2.88. The van der Waals surface area contributed by atoms with Crippen molar-refractivity contribution >= 4 is 5.78 Å². The first-order valence-electron chi connectivity index (χ1n) is 14.2. The van der Waals surface area contributed by atoms with Crippen LogP contribution in [-0.2, 0) is 12.8 Å². The Kier molecular flexibility index (Phi) is 10.4. The fourth-order valence-electron chi connectivity index (χ4n) is 5.21. The van der Waals surface area contributed by atoms with Gasteiger partial charge < -0.3 is 34.3 Å². The van der Waals surface area contributed by atoms with E-state index < -0.39 is 17.3 Å². The number of phenolic OH excluding ortho intramolecular Hbond substituents is 1. The summed E-state index contributed by atoms with van der Waals surface area (Å²) in [4.78, 5) is 13.5. The van der Waals surface area contributed by atoms with Gasteiger partial charge in [-0.05, 0) is 79.2 Å². The largest absolute Gasteiger partial charge is 0.507 e. The molecule has 0 aromatic heterocycles. The van der Waals surface area contributed by atoms with Gasteiger partial charge >= 0.3 is 0 Å². The van der Waals surface area contributed by atoms with Crippen LogP contribution < -0.4 is 18.9 Å². The number of benzene rings is 2. The summed E-state index contributed by atoms with van der Waals surface area (Å²) in [5, 5.41) is 31.4. The lowest BCUT2D eigenvalue weighted by molar-refractivity contribution is 0.0687. The Morgan fingerprint density at radius 1 is 1.00 bits per heavy atom. The second-order valence-corrected chi connectivity index (χ2v) is 12.1. The molecular weight excluding hydrogens is 524 g/mol. The molecule has 0 amide bonds. The van der Waals surface area contributed by atoms with Crippen LogP contribution in [-0.4, -0.2) is 53.6 Å². The van der Waals surface area contributed by atoms with Gasteiger partial charge in [-0.1, -0.05) is 17.7 Å². The highest BCUT2D eigenvalue weighted by atomic mass is 16.5. The lowest BCUT2D eigenvalue weighted by Crippen LogP contribution is -2.23. The molecule has 0 spiro atoms. The third-order valence-corrected chi connectivity index (χ3v) is 7.50. The summed E-state index contributed by atoms with van der Waals surface area (Å²) >= 11 is 0. The number of carbonyl (C=O) groups is 1. The van der Waals surface area contributed by atoms with Crippen LogP contribution in [0.3, 0.4) is 0 Å². The molecule has 8 nitrogen and oxygen atoms in total. The Balaban J connectivity index is 1.98. The summed E-state index contributed by atoms with van der Waals surface area (Å²) in [6.07, 6.45) is 5.24. The van der Waals surface area contributed by atoms with Gasteiger partial charge in [-0.3, -0.25) is 4.79 Å². The number of carbonyl (C=O) groups excluding carboxylic acids is 1. The van der Waals surface area contributed by atoms with E-state index in [2.05, 4.69) is 13.0 Å². The molecule has 226 valence electrons. The molecule has 1 heterocycles. The van der Waals surface area contributed by atoms with Crippen molar-refractivity contribution in [2.24, 2.45) is 0 Å². The SMILES string of the molecule is COc1cc2c(c(O)c1CCC(C)(C)O)C(=O)C[C@@H](c1ccc(OC)c(OC)c1CC=C(C)CCCC(C)(C)O)O2. The smallest absolute Gasteiger partial charge is 0.174 e. The van der Waals surface area contributed by atoms with E-state index in [0.717, 1.165) is 24.0 Å². The molecule has 41 heavy (non-hydrogen) atoms. The first-order valence-corrected chi connectivity index (χ1v) is 14.2. The number of ether oxygens (including phenoxy) is 4. The minimum atomic E-state index is -0.939. The summed E-state index contributed by atoms with van der Waals surface area (Å²) in [5.41, 5.74) is 1.81. The van der Waals surface area contributed by atoms with Crippen LogP contribution in [0.5, 0.6) is 28.7 Å². The minimum Gasteiger partial charge on any atom is -0.507 e. The number of aliphatic hydroxyl groups is 2. The van der Waals surface area contributed by atoms with Crippen molar-refractivity contribution < 1.29 is 39.1 Å². The van der Waals surface area contributed by atoms with Crippen LogP contribution in [0.1, 0.15) is 99.9 Å². The maximum Gasteiger partial charge on any atom is 0.174 e. The van der Waals surface area contributed by atoms with Crippen molar-refractivity contribution in [3.8, 4) is 28.7 Å². The van der Waals surface area contributed by atoms with Crippen LogP contribution >= 0.6 is 0 Å². The maximum atomic E-state index is 13.5. The van der Waals surface area contributed by atoms with Gasteiger partial charge in [-0.25, -0.2) is 0 Å². The van der Waals surface area contributed by atoms with Crippen LogP contribution in [0.15, 0.2) is 29.8 Å². The zero-order chi connectivity index (χ0) is 30.5. The fourth-order valence-corrected chi connectivity index (χ4v) is 5.21. The van der Waals surface area contributed by atoms with Crippen LogP contribution in [0.4, 0.5) is 0 Å². The molecule has 0 bridgehead atoms. The quantitative estimate of drug-likeness (QED) is 0.242. The monoisotopic (exact) mass is 570 g/mol. The number of hydrogen-bond acceptors (Lipinski definition) is 8. The van der Waals surface area contributed by atoms with E-state index in [-0.39, 0.29) is 29.3 Å². The standard InChI is InChI=1S/C33H46O8/c1-20(10-9-16-32(2,3)36)11-12-22-21(13-14-25(38-6)31(22)40-8)27-18-24(34)29-28(41-27)19-26(39-7)23(30(29)35)15-17-33(4,5)37/h11,13-14,19,27,35-37H,9-10,12,15-18H2,1-8H3/t27-/m0/s1. The molecule has 0 saturated heterocycles. The molecular formula is C33H46O8. The highest BCUT2D eigenvalue weighted by Gasteiger charge is 2.35. The van der Waals surface area contributed by atoms with Gasteiger partial charge in [0.2, 0.25) is 0 Å². The molecule has 0 saturated carbocycles. The first kappa shape index (κ1) is 32.3. The van der Waals surface area contributed by atoms with Crippen molar-refractivity contribution in [2.45, 2.75) is 96.9 Å². The van der Waals surface area contributed by atoms with E-state index in [4.69, 9.17) is 18.9 Å². The Morgan fingerprint density at radius 2 is 1.66 bits per heavy atom. The van der Waals surface area contributed by atoms with Gasteiger partial charge in [-0.15, -0.1) is 0 Å². The van der Waals surface area contributed by atoms with Gasteiger partial charge in [0.05, 0.1) is 39.0 Å². The van der Waals surface area contributed by atoms with Crippen molar-refractivity contribution in [1.29, 1.82) is 0 Å². The second-order valence-electron chi connectivity index (χ2n) is 12.1. The zero-order valence-electron chi connectivity index (χ0n) is 25.7. The van der Waals surface area contributed by atoms with Gasteiger partial charge in [0.1, 0.15) is 28.9 Å². The van der Waals surface area contributed by atoms with Crippen molar-refractivity contribution in [1.82, 2.24) is 0 Å². The molecule has 1 aliphatic rings. The molecule has 1 aliphatic heterocycles. The molecule has 0 unspecified atom stereocenters. The third kappa shape index (κ3) is 8.17. The third-order valence-electron chi connectivity index (χ3n) is 7.50. The molecule has 1 atom stereocenters. The summed E-state index contributed by atoms with van der Waals surface area (Å²) in [5.74, 6) is 1.42.